The summed E-state index contributed by atoms with van der Waals surface area (Å²) in [5.41, 5.74) is 0.631. The number of hydrogen-bond acceptors (Lipinski definition) is 3. The number of rotatable bonds is 1. The van der Waals surface area contributed by atoms with Crippen LogP contribution >= 0.6 is 12.6 Å². The molecule has 4 rings (SSSR count). The Balaban J connectivity index is 1.90. The largest absolute Gasteiger partial charge is 0.324 e. The first-order valence-corrected chi connectivity index (χ1v) is 6.95. The standard InChI is InChI=1S/C13H13FN4OS/c1-17-8-2-3-9(10(14)7(8)6-15-17)18-12(19)16-11(20)13(18)4-5-13/h2-3,6,11,20H,4-5H2,1H3,(H,16,19). The third kappa shape index (κ3) is 1.33. The number of nitrogens with zero attached hydrogens (tertiary/aromatic N) is 3. The highest BCUT2D eigenvalue weighted by Gasteiger charge is 2.61. The highest BCUT2D eigenvalue weighted by atomic mass is 32.1. The number of nitrogens with one attached hydrogen (secondary N) is 1. The van der Waals surface area contributed by atoms with Crippen LogP contribution in [0, 0.1) is 5.82 Å². The van der Waals surface area contributed by atoms with Gasteiger partial charge in [0.1, 0.15) is 0 Å². The van der Waals surface area contributed by atoms with E-state index in [-0.39, 0.29) is 16.9 Å². The molecule has 1 saturated carbocycles. The van der Waals surface area contributed by atoms with Crippen LogP contribution in [0.15, 0.2) is 18.3 Å². The van der Waals surface area contributed by atoms with Crippen molar-refractivity contribution in [3.05, 3.63) is 24.1 Å². The van der Waals surface area contributed by atoms with Gasteiger partial charge in [-0.1, -0.05) is 0 Å². The molecule has 7 heteroatoms. The van der Waals surface area contributed by atoms with Crippen LogP contribution in [0.25, 0.3) is 10.9 Å². The van der Waals surface area contributed by atoms with E-state index in [0.29, 0.717) is 16.6 Å². The lowest BCUT2D eigenvalue weighted by Gasteiger charge is -2.24. The van der Waals surface area contributed by atoms with Gasteiger partial charge >= 0.3 is 6.03 Å². The molecule has 2 fully saturated rings. The summed E-state index contributed by atoms with van der Waals surface area (Å²) in [4.78, 5) is 13.6. The van der Waals surface area contributed by atoms with E-state index in [1.54, 1.807) is 23.9 Å². The zero-order valence-electron chi connectivity index (χ0n) is 10.8. The second-order valence-corrected chi connectivity index (χ2v) is 5.91. The Morgan fingerprint density at radius 3 is 2.95 bits per heavy atom. The molecule has 1 atom stereocenters. The minimum Gasteiger partial charge on any atom is -0.324 e. The minimum atomic E-state index is -0.403. The van der Waals surface area contributed by atoms with E-state index < -0.39 is 5.82 Å². The molecule has 1 aliphatic heterocycles. The molecule has 2 aliphatic rings. The number of thiol groups is 1. The summed E-state index contributed by atoms with van der Waals surface area (Å²) in [6.07, 6.45) is 3.16. The van der Waals surface area contributed by atoms with E-state index in [9.17, 15) is 9.18 Å². The van der Waals surface area contributed by atoms with Crippen molar-refractivity contribution in [2.24, 2.45) is 7.05 Å². The van der Waals surface area contributed by atoms with Gasteiger partial charge in [-0.25, -0.2) is 9.18 Å². The van der Waals surface area contributed by atoms with E-state index in [0.717, 1.165) is 12.8 Å². The topological polar surface area (TPSA) is 50.2 Å². The van der Waals surface area contributed by atoms with Crippen molar-refractivity contribution < 1.29 is 9.18 Å². The van der Waals surface area contributed by atoms with Gasteiger partial charge in [0.05, 0.1) is 33.7 Å². The van der Waals surface area contributed by atoms with Gasteiger partial charge in [-0.15, -0.1) is 0 Å². The highest BCUT2D eigenvalue weighted by molar-refractivity contribution is 7.81. The van der Waals surface area contributed by atoms with Gasteiger partial charge < -0.3 is 5.32 Å². The molecule has 1 spiro atoms. The fourth-order valence-corrected chi connectivity index (χ4v) is 3.45. The number of halogens is 1. The molecule has 1 aliphatic carbocycles. The molecule has 1 aromatic carbocycles. The number of benzene rings is 1. The first-order valence-electron chi connectivity index (χ1n) is 6.43. The maximum absolute atomic E-state index is 14.7. The zero-order valence-corrected chi connectivity index (χ0v) is 11.7. The Morgan fingerprint density at radius 2 is 2.25 bits per heavy atom. The van der Waals surface area contributed by atoms with Gasteiger partial charge in [-0.05, 0) is 25.0 Å². The highest BCUT2D eigenvalue weighted by Crippen LogP contribution is 2.51. The summed E-state index contributed by atoms with van der Waals surface area (Å²) >= 11 is 4.40. The fourth-order valence-electron chi connectivity index (χ4n) is 2.97. The number of hydrogen-bond donors (Lipinski definition) is 2. The van der Waals surface area contributed by atoms with E-state index in [2.05, 4.69) is 23.0 Å². The monoisotopic (exact) mass is 292 g/mol. The molecule has 2 aromatic rings. The third-order valence-corrected chi connectivity index (χ3v) is 4.88. The second-order valence-electron chi connectivity index (χ2n) is 5.39. The number of carbonyl (C=O) groups is 1. The molecule has 2 amide bonds. The molecule has 2 heterocycles. The van der Waals surface area contributed by atoms with E-state index >= 15 is 0 Å². The van der Waals surface area contributed by atoms with E-state index in [1.165, 1.54) is 11.1 Å². The van der Waals surface area contributed by atoms with E-state index in [1.807, 2.05) is 0 Å². The van der Waals surface area contributed by atoms with Gasteiger partial charge in [0, 0.05) is 7.05 Å². The van der Waals surface area contributed by atoms with Crippen molar-refractivity contribution in [1.29, 1.82) is 0 Å². The predicted molar refractivity (Wildman–Crippen MR) is 76.4 cm³/mol. The van der Waals surface area contributed by atoms with Crippen LogP contribution in [0.1, 0.15) is 12.8 Å². The summed E-state index contributed by atoms with van der Waals surface area (Å²) in [5.74, 6) is -0.403. The number of aryl methyl sites for hydroxylation is 1. The summed E-state index contributed by atoms with van der Waals surface area (Å²) in [7, 11) is 1.76. The summed E-state index contributed by atoms with van der Waals surface area (Å²) in [6, 6.07) is 3.14. The lowest BCUT2D eigenvalue weighted by molar-refractivity contribution is 0.251. The first-order chi connectivity index (χ1) is 9.54. The molecule has 20 heavy (non-hydrogen) atoms. The average Bonchev–Trinajstić information content (AvgIpc) is 3.06. The van der Waals surface area contributed by atoms with Crippen molar-refractivity contribution in [2.45, 2.75) is 23.8 Å². The number of aromatic nitrogens is 2. The van der Waals surface area contributed by atoms with Crippen molar-refractivity contribution in [3.63, 3.8) is 0 Å². The van der Waals surface area contributed by atoms with Crippen LogP contribution in [-0.4, -0.2) is 26.7 Å². The van der Waals surface area contributed by atoms with Crippen LogP contribution < -0.4 is 10.2 Å². The Bertz CT molecular complexity index is 739. The number of fused-ring (bicyclic) bond motifs is 1. The van der Waals surface area contributed by atoms with Gasteiger partial charge in [0.15, 0.2) is 5.82 Å². The van der Waals surface area contributed by atoms with Gasteiger partial charge in [0.2, 0.25) is 0 Å². The molecule has 1 saturated heterocycles. The zero-order chi connectivity index (χ0) is 14.1. The normalized spacial score (nSPS) is 23.6. The summed E-state index contributed by atoms with van der Waals surface area (Å²) in [5, 5.41) is 6.99. The molecule has 104 valence electrons. The van der Waals surface area contributed by atoms with Crippen molar-refractivity contribution in [2.75, 3.05) is 4.90 Å². The Labute approximate surface area is 120 Å². The minimum absolute atomic E-state index is 0.251. The van der Waals surface area contributed by atoms with Crippen LogP contribution in [0.2, 0.25) is 0 Å². The summed E-state index contributed by atoms with van der Waals surface area (Å²) < 4.78 is 16.3. The van der Waals surface area contributed by atoms with Gasteiger partial charge in [-0.2, -0.15) is 17.7 Å². The lowest BCUT2D eigenvalue weighted by Crippen LogP contribution is -2.38. The SMILES string of the molecule is Cn1ncc2c(F)c(N3C(=O)NC(S)C34CC4)ccc21. The molecule has 0 bridgehead atoms. The average molecular weight is 292 g/mol. The number of carbonyl (C=O) groups excluding carboxylic acids is 1. The maximum atomic E-state index is 14.7. The summed E-state index contributed by atoms with van der Waals surface area (Å²) in [6.45, 7) is 0. The molecule has 0 radical (unpaired) electrons. The molecular weight excluding hydrogens is 279 g/mol. The predicted octanol–water partition coefficient (Wildman–Crippen LogP) is 2.03. The molecule has 1 unspecified atom stereocenters. The van der Waals surface area contributed by atoms with Crippen LogP contribution in [0.4, 0.5) is 14.9 Å². The Hall–Kier alpha value is -1.76. The van der Waals surface area contributed by atoms with Gasteiger partial charge in [0.25, 0.3) is 0 Å². The Morgan fingerprint density at radius 1 is 1.50 bits per heavy atom. The Kier molecular flexibility index (Phi) is 2.20. The van der Waals surface area contributed by atoms with Crippen LogP contribution in [0.3, 0.4) is 0 Å². The number of urea groups is 1. The quantitative estimate of drug-likeness (QED) is 0.790. The molecule has 1 N–H and O–H groups in total. The van der Waals surface area contributed by atoms with E-state index in [4.69, 9.17) is 0 Å². The van der Waals surface area contributed by atoms with Crippen LogP contribution in [-0.2, 0) is 7.05 Å². The second kappa shape index (κ2) is 3.66. The number of amides is 2. The van der Waals surface area contributed by atoms with Gasteiger partial charge in [-0.3, -0.25) is 9.58 Å². The number of anilines is 1. The first kappa shape index (κ1) is 12.0. The van der Waals surface area contributed by atoms with Crippen molar-refractivity contribution >= 4 is 35.3 Å². The maximum Gasteiger partial charge on any atom is 0.323 e. The van der Waals surface area contributed by atoms with Crippen molar-refractivity contribution in [1.82, 2.24) is 15.1 Å². The molecule has 5 nitrogen and oxygen atoms in total. The molecular formula is C13H13FN4OS. The smallest absolute Gasteiger partial charge is 0.323 e. The molecule has 1 aromatic heterocycles. The lowest BCUT2D eigenvalue weighted by atomic mass is 10.1. The third-order valence-electron chi connectivity index (χ3n) is 4.27. The van der Waals surface area contributed by atoms with Crippen LogP contribution in [0.5, 0.6) is 0 Å². The fraction of sp³-hybridized carbons (Fsp3) is 0.385. The van der Waals surface area contributed by atoms with Crippen molar-refractivity contribution in [3.8, 4) is 0 Å².